The summed E-state index contributed by atoms with van der Waals surface area (Å²) in [5.74, 6) is -5.49. The molecule has 4 rings (SSSR count). The molecule has 1 saturated carbocycles. The second-order valence-corrected chi connectivity index (χ2v) is 10.1. The summed E-state index contributed by atoms with van der Waals surface area (Å²) in [6.45, 7) is 1.91. The largest absolute Gasteiger partial charge is 0.367 e. The summed E-state index contributed by atoms with van der Waals surface area (Å²) in [6.07, 6.45) is 4.48. The van der Waals surface area contributed by atoms with Crippen molar-refractivity contribution in [3.05, 3.63) is 59.4 Å². The molecule has 0 saturated heterocycles. The van der Waals surface area contributed by atoms with Crippen molar-refractivity contribution in [2.45, 2.75) is 30.9 Å². The number of thiazole rings is 1. The minimum Gasteiger partial charge on any atom is -0.320 e. The van der Waals surface area contributed by atoms with Crippen molar-refractivity contribution in [3.8, 4) is 11.1 Å². The smallest absolute Gasteiger partial charge is 0.320 e. The third-order valence-corrected chi connectivity index (χ3v) is 7.37. The lowest BCUT2D eigenvalue weighted by molar-refractivity contribution is -0.141. The molecule has 0 radical (unpaired) electrons. The molecule has 11 heteroatoms. The number of alkyl halides is 2. The molecule has 0 spiro atoms. The highest BCUT2D eigenvalue weighted by molar-refractivity contribution is 7.93. The van der Waals surface area contributed by atoms with Gasteiger partial charge in [0.25, 0.3) is 0 Å². The molecular formula is C20H18F2N4O3S2. The topological polar surface area (TPSA) is 101 Å². The summed E-state index contributed by atoms with van der Waals surface area (Å²) in [4.78, 5) is 19.9. The van der Waals surface area contributed by atoms with Crippen molar-refractivity contribution in [3.63, 3.8) is 0 Å². The Morgan fingerprint density at radius 1 is 1.16 bits per heavy atom. The second-order valence-electron chi connectivity index (χ2n) is 7.24. The number of nitrogens with one attached hydrogen (secondary N) is 2. The highest BCUT2D eigenvalue weighted by Crippen LogP contribution is 2.34. The fourth-order valence-corrected chi connectivity index (χ4v) is 5.16. The fourth-order valence-electron chi connectivity index (χ4n) is 2.83. The summed E-state index contributed by atoms with van der Waals surface area (Å²) in [7, 11) is -3.62. The van der Waals surface area contributed by atoms with Gasteiger partial charge in [0.15, 0.2) is 5.13 Å². The van der Waals surface area contributed by atoms with Crippen molar-refractivity contribution in [1.82, 2.24) is 9.97 Å². The zero-order valence-corrected chi connectivity index (χ0v) is 17.9. The maximum atomic E-state index is 14.6. The molecule has 0 atom stereocenters. The first kappa shape index (κ1) is 21.3. The van der Waals surface area contributed by atoms with Gasteiger partial charge in [0.1, 0.15) is 5.69 Å². The molecule has 1 aliphatic rings. The molecule has 1 amide bonds. The number of hydrogen-bond donors (Lipinski definition) is 2. The van der Waals surface area contributed by atoms with E-state index in [1.807, 2.05) is 13.0 Å². The van der Waals surface area contributed by atoms with E-state index in [9.17, 15) is 22.0 Å². The van der Waals surface area contributed by atoms with Gasteiger partial charge in [0.2, 0.25) is 10.0 Å². The van der Waals surface area contributed by atoms with Crippen LogP contribution in [-0.2, 0) is 20.7 Å². The Kier molecular flexibility index (Phi) is 5.48. The number of carbonyl (C=O) groups excluding carboxylic acids is 1. The van der Waals surface area contributed by atoms with Gasteiger partial charge in [0.05, 0.1) is 5.25 Å². The van der Waals surface area contributed by atoms with Gasteiger partial charge in [-0.25, -0.2) is 13.4 Å². The molecule has 2 aromatic heterocycles. The summed E-state index contributed by atoms with van der Waals surface area (Å²) in [5, 5.41) is 2.45. The lowest BCUT2D eigenvalue weighted by Crippen LogP contribution is -2.32. The highest BCUT2D eigenvalue weighted by atomic mass is 32.2. The number of carbonyl (C=O) groups is 1. The number of aromatic nitrogens is 2. The van der Waals surface area contributed by atoms with Gasteiger partial charge in [0, 0.05) is 29.0 Å². The Hall–Kier alpha value is -2.92. The van der Waals surface area contributed by atoms with E-state index in [2.05, 4.69) is 20.0 Å². The van der Waals surface area contributed by atoms with Crippen molar-refractivity contribution in [2.24, 2.45) is 0 Å². The van der Waals surface area contributed by atoms with Crippen LogP contribution in [0.5, 0.6) is 0 Å². The highest BCUT2D eigenvalue weighted by Gasteiger charge is 2.44. The number of pyridine rings is 1. The Morgan fingerprint density at radius 3 is 2.52 bits per heavy atom. The molecule has 1 fully saturated rings. The average Bonchev–Trinajstić information content (AvgIpc) is 3.49. The first-order valence-electron chi connectivity index (χ1n) is 9.34. The summed E-state index contributed by atoms with van der Waals surface area (Å²) in [6, 6.07) is 8.35. The fraction of sp³-hybridized carbons (Fsp3) is 0.250. The quantitative estimate of drug-likeness (QED) is 0.547. The Morgan fingerprint density at radius 2 is 1.87 bits per heavy atom. The van der Waals surface area contributed by atoms with E-state index in [4.69, 9.17) is 0 Å². The summed E-state index contributed by atoms with van der Waals surface area (Å²) >= 11 is 0.706. The zero-order chi connectivity index (χ0) is 22.2. The van der Waals surface area contributed by atoms with Gasteiger partial charge in [-0.05, 0) is 49.1 Å². The number of nitrogens with zero attached hydrogens (tertiary/aromatic N) is 2. The molecule has 31 heavy (non-hydrogen) atoms. The zero-order valence-electron chi connectivity index (χ0n) is 16.3. The van der Waals surface area contributed by atoms with Crippen LogP contribution in [0, 0.1) is 6.92 Å². The van der Waals surface area contributed by atoms with E-state index in [-0.39, 0.29) is 10.8 Å². The molecule has 1 aliphatic carbocycles. The number of amides is 1. The molecule has 2 N–H and O–H groups in total. The monoisotopic (exact) mass is 464 g/mol. The molecule has 162 valence electrons. The number of rotatable bonds is 7. The van der Waals surface area contributed by atoms with Gasteiger partial charge in [-0.1, -0.05) is 12.1 Å². The maximum Gasteiger partial charge on any atom is 0.367 e. The van der Waals surface area contributed by atoms with E-state index < -0.39 is 32.8 Å². The van der Waals surface area contributed by atoms with E-state index in [1.54, 1.807) is 24.5 Å². The molecule has 0 aliphatic heterocycles. The van der Waals surface area contributed by atoms with E-state index in [0.717, 1.165) is 22.1 Å². The molecule has 2 heterocycles. The van der Waals surface area contributed by atoms with Gasteiger partial charge < -0.3 is 5.32 Å². The molecule has 0 bridgehead atoms. The van der Waals surface area contributed by atoms with Crippen molar-refractivity contribution < 1.29 is 22.0 Å². The van der Waals surface area contributed by atoms with Crippen LogP contribution in [0.3, 0.4) is 0 Å². The van der Waals surface area contributed by atoms with Crippen LogP contribution in [0.4, 0.5) is 19.6 Å². The van der Waals surface area contributed by atoms with E-state index in [0.29, 0.717) is 24.2 Å². The standard InChI is InChI=1S/C20H18F2N4O3S2/c1-12-8-14(10-23-9-12)13-2-4-15(5-3-13)24-18(27)20(21,22)17-11-30-19(25-17)26-31(28,29)16-6-7-16/h2-5,8-11,16H,6-7H2,1H3,(H,24,27)(H,25,26). The lowest BCUT2D eigenvalue weighted by Gasteiger charge is -2.14. The number of anilines is 2. The summed E-state index contributed by atoms with van der Waals surface area (Å²) in [5.41, 5.74) is 2.06. The Labute approximate surface area is 181 Å². The molecular weight excluding hydrogens is 446 g/mol. The lowest BCUT2D eigenvalue weighted by atomic mass is 10.1. The molecule has 0 unspecified atom stereocenters. The second kappa shape index (κ2) is 7.97. The SMILES string of the molecule is Cc1cncc(-c2ccc(NC(=O)C(F)(F)c3csc(NS(=O)(=O)C4CC4)n3)cc2)c1. The molecule has 1 aromatic carbocycles. The first-order chi connectivity index (χ1) is 14.6. The van der Waals surface area contributed by atoms with E-state index >= 15 is 0 Å². The van der Waals surface area contributed by atoms with Crippen LogP contribution in [-0.4, -0.2) is 29.5 Å². The van der Waals surface area contributed by atoms with Gasteiger partial charge in [-0.15, -0.1) is 11.3 Å². The van der Waals surface area contributed by atoms with Gasteiger partial charge in [-0.2, -0.15) is 8.78 Å². The van der Waals surface area contributed by atoms with Crippen LogP contribution >= 0.6 is 11.3 Å². The molecule has 7 nitrogen and oxygen atoms in total. The van der Waals surface area contributed by atoms with Crippen LogP contribution in [0.25, 0.3) is 11.1 Å². The summed E-state index contributed by atoms with van der Waals surface area (Å²) < 4.78 is 55.2. The maximum absolute atomic E-state index is 14.6. The average molecular weight is 465 g/mol. The first-order valence-corrected chi connectivity index (χ1v) is 11.8. The van der Waals surface area contributed by atoms with Gasteiger partial charge >= 0.3 is 11.8 Å². The minimum absolute atomic E-state index is 0.189. The predicted octanol–water partition coefficient (Wildman–Crippen LogP) is 4.15. The van der Waals surface area contributed by atoms with E-state index in [1.165, 1.54) is 12.1 Å². The third kappa shape index (κ3) is 4.72. The predicted molar refractivity (Wildman–Crippen MR) is 115 cm³/mol. The number of benzene rings is 1. The van der Waals surface area contributed by atoms with Crippen LogP contribution < -0.4 is 10.0 Å². The van der Waals surface area contributed by atoms with Crippen LogP contribution in [0.1, 0.15) is 24.1 Å². The Bertz CT molecular complexity index is 1220. The number of hydrogen-bond acceptors (Lipinski definition) is 6. The van der Waals surface area contributed by atoms with Crippen LogP contribution in [0.15, 0.2) is 48.1 Å². The normalized spacial score (nSPS) is 14.3. The minimum atomic E-state index is -3.93. The third-order valence-electron chi connectivity index (χ3n) is 4.65. The van der Waals surface area contributed by atoms with Crippen molar-refractivity contribution >= 4 is 38.1 Å². The molecule has 3 aromatic rings. The number of halogens is 2. The van der Waals surface area contributed by atoms with Gasteiger partial charge in [-0.3, -0.25) is 14.5 Å². The van der Waals surface area contributed by atoms with Crippen LogP contribution in [0.2, 0.25) is 0 Å². The number of aryl methyl sites for hydroxylation is 1. The van der Waals surface area contributed by atoms with Crippen molar-refractivity contribution in [2.75, 3.05) is 10.0 Å². The van der Waals surface area contributed by atoms with Crippen molar-refractivity contribution in [1.29, 1.82) is 0 Å². The number of sulfonamides is 1. The Balaban J connectivity index is 1.45.